The van der Waals surface area contributed by atoms with Crippen LogP contribution in [0.4, 0.5) is 4.39 Å². The summed E-state index contributed by atoms with van der Waals surface area (Å²) in [6, 6.07) is 6.38. The molecule has 0 saturated carbocycles. The molecule has 2 aliphatic rings. The van der Waals surface area contributed by atoms with E-state index in [-0.39, 0.29) is 5.75 Å². The lowest BCUT2D eigenvalue weighted by Gasteiger charge is -2.39. The summed E-state index contributed by atoms with van der Waals surface area (Å²) in [5.74, 6) is -0.211. The number of sulfonamides is 1. The van der Waals surface area contributed by atoms with Gasteiger partial charge in [-0.2, -0.15) is 0 Å². The predicted molar refractivity (Wildman–Crippen MR) is 95.2 cm³/mol. The van der Waals surface area contributed by atoms with Crippen LogP contribution in [-0.2, 0) is 20.5 Å². The summed E-state index contributed by atoms with van der Waals surface area (Å²) in [5.41, 5.74) is 0.474. The molecule has 0 bridgehead atoms. The predicted octanol–water partition coefficient (Wildman–Crippen LogP) is 2.14. The first-order valence-corrected chi connectivity index (χ1v) is 10.7. The molecule has 140 valence electrons. The second-order valence-electron chi connectivity index (χ2n) is 7.06. The van der Waals surface area contributed by atoms with Gasteiger partial charge in [-0.1, -0.05) is 12.1 Å². The fourth-order valence-corrected chi connectivity index (χ4v) is 4.92. The second kappa shape index (κ2) is 8.58. The van der Waals surface area contributed by atoms with Gasteiger partial charge in [-0.3, -0.25) is 0 Å². The Morgan fingerprint density at radius 3 is 2.56 bits per heavy atom. The van der Waals surface area contributed by atoms with Gasteiger partial charge in [0, 0.05) is 25.8 Å². The first-order valence-electron chi connectivity index (χ1n) is 9.05. The van der Waals surface area contributed by atoms with E-state index in [1.165, 1.54) is 18.2 Å². The van der Waals surface area contributed by atoms with Crippen molar-refractivity contribution in [1.82, 2.24) is 9.62 Å². The number of likely N-dealkylation sites (tertiary alicyclic amines) is 1. The highest BCUT2D eigenvalue weighted by Crippen LogP contribution is 2.23. The van der Waals surface area contributed by atoms with Crippen LogP contribution in [0.2, 0.25) is 0 Å². The van der Waals surface area contributed by atoms with Crippen LogP contribution in [0, 0.1) is 11.7 Å². The minimum atomic E-state index is -3.43. The maximum absolute atomic E-state index is 13.2. The molecule has 0 atom stereocenters. The maximum atomic E-state index is 13.2. The minimum Gasteiger partial charge on any atom is -0.381 e. The number of benzene rings is 1. The van der Waals surface area contributed by atoms with Crippen LogP contribution in [0.15, 0.2) is 24.3 Å². The number of piperidine rings is 1. The van der Waals surface area contributed by atoms with E-state index in [1.54, 1.807) is 6.07 Å². The van der Waals surface area contributed by atoms with E-state index in [0.717, 1.165) is 52.0 Å². The topological polar surface area (TPSA) is 58.6 Å². The Hall–Kier alpha value is -1.02. The summed E-state index contributed by atoms with van der Waals surface area (Å²) in [4.78, 5) is 2.53. The third kappa shape index (κ3) is 5.74. The number of nitrogens with one attached hydrogen (secondary N) is 1. The molecular weight excluding hydrogens is 343 g/mol. The highest BCUT2D eigenvalue weighted by molar-refractivity contribution is 7.88. The Balaban J connectivity index is 1.42. The minimum absolute atomic E-state index is 0.175. The Morgan fingerprint density at radius 2 is 1.88 bits per heavy atom. The van der Waals surface area contributed by atoms with Crippen LogP contribution in [-0.4, -0.2) is 52.2 Å². The molecule has 1 N–H and O–H groups in total. The molecule has 2 fully saturated rings. The fourth-order valence-electron chi connectivity index (χ4n) is 3.71. The van der Waals surface area contributed by atoms with Gasteiger partial charge in [-0.25, -0.2) is 17.5 Å². The van der Waals surface area contributed by atoms with Gasteiger partial charge in [-0.15, -0.1) is 0 Å². The van der Waals surface area contributed by atoms with Gasteiger partial charge in [0.15, 0.2) is 0 Å². The molecular formula is C18H27FN2O3S. The zero-order valence-corrected chi connectivity index (χ0v) is 15.3. The highest BCUT2D eigenvalue weighted by atomic mass is 32.2. The third-order valence-corrected chi connectivity index (χ3v) is 6.51. The van der Waals surface area contributed by atoms with E-state index >= 15 is 0 Å². The van der Waals surface area contributed by atoms with E-state index in [9.17, 15) is 12.8 Å². The summed E-state index contributed by atoms with van der Waals surface area (Å²) < 4.78 is 45.7. The highest BCUT2D eigenvalue weighted by Gasteiger charge is 2.27. The van der Waals surface area contributed by atoms with Crippen LogP contribution >= 0.6 is 0 Å². The standard InChI is InChI=1S/C18H27FN2O3S/c19-17-3-1-2-16(12-17)14-25(22,23)20-13-15-4-8-21(9-5-15)18-6-10-24-11-7-18/h1-3,12,15,18,20H,4-11,13-14H2. The van der Waals surface area contributed by atoms with Crippen molar-refractivity contribution in [3.63, 3.8) is 0 Å². The van der Waals surface area contributed by atoms with Crippen molar-refractivity contribution in [2.75, 3.05) is 32.8 Å². The molecule has 25 heavy (non-hydrogen) atoms. The summed E-state index contributed by atoms with van der Waals surface area (Å²) in [6.45, 7) is 4.23. The van der Waals surface area contributed by atoms with E-state index in [1.807, 2.05) is 0 Å². The largest absolute Gasteiger partial charge is 0.381 e. The Kier molecular flexibility index (Phi) is 6.44. The number of hydrogen-bond donors (Lipinski definition) is 1. The van der Waals surface area contributed by atoms with Crippen molar-refractivity contribution in [2.45, 2.75) is 37.5 Å². The van der Waals surface area contributed by atoms with Crippen molar-refractivity contribution in [2.24, 2.45) is 5.92 Å². The number of hydrogen-bond acceptors (Lipinski definition) is 4. The number of rotatable bonds is 6. The van der Waals surface area contributed by atoms with Crippen molar-refractivity contribution in [1.29, 1.82) is 0 Å². The van der Waals surface area contributed by atoms with Gasteiger partial charge in [0.1, 0.15) is 5.82 Å². The molecule has 0 spiro atoms. The van der Waals surface area contributed by atoms with E-state index in [0.29, 0.717) is 24.1 Å². The monoisotopic (exact) mass is 370 g/mol. The summed E-state index contributed by atoms with van der Waals surface area (Å²) >= 11 is 0. The lowest BCUT2D eigenvalue weighted by molar-refractivity contribution is 0.0214. The molecule has 1 aromatic rings. The SMILES string of the molecule is O=S(=O)(Cc1cccc(F)c1)NCC1CCN(C2CCOCC2)CC1. The lowest BCUT2D eigenvalue weighted by atomic mass is 9.94. The van der Waals surface area contributed by atoms with Crippen molar-refractivity contribution >= 4 is 10.0 Å². The molecule has 1 aromatic carbocycles. The molecule has 2 saturated heterocycles. The Bertz CT molecular complexity index is 654. The fraction of sp³-hybridized carbons (Fsp3) is 0.667. The molecule has 0 aliphatic carbocycles. The third-order valence-electron chi connectivity index (χ3n) is 5.19. The average molecular weight is 370 g/mol. The second-order valence-corrected chi connectivity index (χ2v) is 8.87. The summed E-state index contributed by atoms with van der Waals surface area (Å²) in [6.07, 6.45) is 4.23. The van der Waals surface area contributed by atoms with Gasteiger partial charge >= 0.3 is 0 Å². The van der Waals surface area contributed by atoms with Gasteiger partial charge in [0.05, 0.1) is 5.75 Å². The van der Waals surface area contributed by atoms with Crippen LogP contribution in [0.3, 0.4) is 0 Å². The maximum Gasteiger partial charge on any atom is 0.215 e. The lowest BCUT2D eigenvalue weighted by Crippen LogP contribution is -2.45. The molecule has 0 unspecified atom stereocenters. The van der Waals surface area contributed by atoms with E-state index in [2.05, 4.69) is 9.62 Å². The van der Waals surface area contributed by atoms with Crippen LogP contribution in [0.1, 0.15) is 31.2 Å². The summed E-state index contributed by atoms with van der Waals surface area (Å²) in [7, 11) is -3.43. The summed E-state index contributed by atoms with van der Waals surface area (Å²) in [5, 5.41) is 0. The molecule has 0 radical (unpaired) electrons. The van der Waals surface area contributed by atoms with Crippen molar-refractivity contribution in [3.8, 4) is 0 Å². The van der Waals surface area contributed by atoms with Crippen molar-refractivity contribution < 1.29 is 17.5 Å². The molecule has 3 rings (SSSR count). The molecule has 5 nitrogen and oxygen atoms in total. The average Bonchev–Trinajstić information content (AvgIpc) is 2.61. The normalized spacial score (nSPS) is 21.5. The Labute approximate surface area is 149 Å². The van der Waals surface area contributed by atoms with Crippen molar-refractivity contribution in [3.05, 3.63) is 35.6 Å². The first kappa shape index (κ1) is 18.8. The van der Waals surface area contributed by atoms with Crippen LogP contribution in [0.25, 0.3) is 0 Å². The first-order chi connectivity index (χ1) is 12.0. The van der Waals surface area contributed by atoms with Gasteiger partial charge < -0.3 is 9.64 Å². The molecule has 7 heteroatoms. The molecule has 0 amide bonds. The van der Waals surface area contributed by atoms with E-state index in [4.69, 9.17) is 4.74 Å². The molecule has 0 aromatic heterocycles. The number of nitrogens with zero attached hydrogens (tertiary/aromatic N) is 1. The number of ether oxygens (including phenoxy) is 1. The van der Waals surface area contributed by atoms with E-state index < -0.39 is 15.8 Å². The molecule has 2 heterocycles. The van der Waals surface area contributed by atoms with Crippen LogP contribution < -0.4 is 4.72 Å². The van der Waals surface area contributed by atoms with Gasteiger partial charge in [0.25, 0.3) is 0 Å². The van der Waals surface area contributed by atoms with Crippen LogP contribution in [0.5, 0.6) is 0 Å². The zero-order chi connectivity index (χ0) is 17.7. The quantitative estimate of drug-likeness (QED) is 0.834. The number of halogens is 1. The van der Waals surface area contributed by atoms with Gasteiger partial charge in [-0.05, 0) is 62.4 Å². The molecule has 2 aliphatic heterocycles. The Morgan fingerprint density at radius 1 is 1.16 bits per heavy atom. The smallest absolute Gasteiger partial charge is 0.215 e. The zero-order valence-electron chi connectivity index (χ0n) is 14.5. The van der Waals surface area contributed by atoms with Gasteiger partial charge in [0.2, 0.25) is 10.0 Å².